The van der Waals surface area contributed by atoms with Gasteiger partial charge >= 0.3 is 5.97 Å². The van der Waals surface area contributed by atoms with Crippen LogP contribution in [0.5, 0.6) is 0 Å². The number of amides is 4. The Morgan fingerprint density at radius 1 is 1.04 bits per heavy atom. The smallest absolute Gasteiger partial charge is 0.326 e. The van der Waals surface area contributed by atoms with Gasteiger partial charge in [0.05, 0.1) is 42.2 Å². The maximum absolute atomic E-state index is 14.2. The van der Waals surface area contributed by atoms with Gasteiger partial charge in [0.2, 0.25) is 23.6 Å². The molecule has 0 radical (unpaired) electrons. The van der Waals surface area contributed by atoms with Crippen LogP contribution < -0.4 is 16.0 Å². The van der Waals surface area contributed by atoms with Gasteiger partial charge in [-0.05, 0) is 56.6 Å². The van der Waals surface area contributed by atoms with E-state index in [2.05, 4.69) is 16.0 Å². The molecule has 1 unspecified atom stereocenters. The molecule has 13 nitrogen and oxygen atoms in total. The van der Waals surface area contributed by atoms with Crippen molar-refractivity contribution in [2.75, 3.05) is 34.4 Å². The molecule has 2 saturated heterocycles. The van der Waals surface area contributed by atoms with Crippen molar-refractivity contribution >= 4 is 29.6 Å². The van der Waals surface area contributed by atoms with Crippen LogP contribution in [0.2, 0.25) is 0 Å². The van der Waals surface area contributed by atoms with Crippen molar-refractivity contribution in [3.05, 3.63) is 35.9 Å². The van der Waals surface area contributed by atoms with Crippen LogP contribution in [0.15, 0.2) is 30.3 Å². The lowest BCUT2D eigenvalue weighted by Gasteiger charge is -2.41. The Balaban J connectivity index is 1.76. The summed E-state index contributed by atoms with van der Waals surface area (Å²) in [7, 11) is 4.76. The summed E-state index contributed by atoms with van der Waals surface area (Å²) in [4.78, 5) is 70.5. The first-order chi connectivity index (χ1) is 24.6. The quantitative estimate of drug-likeness (QED) is 0.168. The van der Waals surface area contributed by atoms with Crippen LogP contribution in [0.4, 0.5) is 0 Å². The number of carboxylic acid groups (broad SMARTS) is 1. The lowest BCUT2D eigenvalue weighted by atomic mass is 9.89. The van der Waals surface area contributed by atoms with Crippen LogP contribution in [0.1, 0.15) is 85.6 Å². The molecular formula is C39H63N5O8. The Kier molecular flexibility index (Phi) is 16.1. The number of aliphatic carboxylic acids is 1. The molecule has 52 heavy (non-hydrogen) atoms. The van der Waals surface area contributed by atoms with E-state index in [1.807, 2.05) is 65.0 Å². The summed E-state index contributed by atoms with van der Waals surface area (Å²) in [6.45, 7) is 12.6. The number of carbonyl (C=O) groups is 5. The predicted molar refractivity (Wildman–Crippen MR) is 198 cm³/mol. The van der Waals surface area contributed by atoms with E-state index < -0.39 is 59.7 Å². The molecule has 0 bridgehead atoms. The van der Waals surface area contributed by atoms with Gasteiger partial charge in [0, 0.05) is 34.2 Å². The number of ether oxygens (including phenoxy) is 2. The van der Waals surface area contributed by atoms with E-state index in [1.165, 1.54) is 7.11 Å². The number of benzene rings is 1. The van der Waals surface area contributed by atoms with Gasteiger partial charge in [0.15, 0.2) is 0 Å². The summed E-state index contributed by atoms with van der Waals surface area (Å²) in [5.41, 5.74) is 0.0588. The first-order valence-corrected chi connectivity index (χ1v) is 18.8. The minimum Gasteiger partial charge on any atom is -0.480 e. The first-order valence-electron chi connectivity index (χ1n) is 18.8. The van der Waals surface area contributed by atoms with Gasteiger partial charge in [-0.25, -0.2) is 4.79 Å². The fraction of sp³-hybridized carbons (Fsp3) is 0.718. The number of carboxylic acids is 1. The molecule has 3 rings (SSSR count). The zero-order valence-corrected chi connectivity index (χ0v) is 32.6. The predicted octanol–water partition coefficient (Wildman–Crippen LogP) is 3.00. The average Bonchev–Trinajstić information content (AvgIpc) is 3.80. The van der Waals surface area contributed by atoms with E-state index >= 15 is 0 Å². The van der Waals surface area contributed by atoms with Gasteiger partial charge in [0.1, 0.15) is 12.1 Å². The Hall–Kier alpha value is -3.55. The highest BCUT2D eigenvalue weighted by Crippen LogP contribution is 2.30. The van der Waals surface area contributed by atoms with Crippen molar-refractivity contribution < 1.29 is 38.6 Å². The van der Waals surface area contributed by atoms with Gasteiger partial charge in [-0.15, -0.1) is 0 Å². The highest BCUT2D eigenvalue weighted by Gasteiger charge is 2.44. The van der Waals surface area contributed by atoms with Crippen molar-refractivity contribution in [3.8, 4) is 0 Å². The SMILES string of the molecule is CC[C@H](C)C([C@@H](CC(=O)N1CCC[C@H]1[C@H](OC)[C@@H](C)C(=O)N[C@@H](Cc1ccccc1)C(=O)O)OC)N(C)C(=O)[C@@H](NC(=O)[C@]1(C)CCCN1)C(C)C. The first kappa shape index (κ1) is 42.9. The van der Waals surface area contributed by atoms with E-state index in [1.54, 1.807) is 30.9 Å². The third kappa shape index (κ3) is 10.5. The second-order valence-corrected chi connectivity index (χ2v) is 15.2. The van der Waals surface area contributed by atoms with Gasteiger partial charge < -0.3 is 40.3 Å². The van der Waals surface area contributed by atoms with Crippen LogP contribution in [0, 0.1) is 17.8 Å². The van der Waals surface area contributed by atoms with Gasteiger partial charge in [-0.3, -0.25) is 19.2 Å². The molecule has 2 fully saturated rings. The maximum Gasteiger partial charge on any atom is 0.326 e. The maximum atomic E-state index is 14.2. The Morgan fingerprint density at radius 3 is 2.25 bits per heavy atom. The lowest BCUT2D eigenvalue weighted by Crippen LogP contribution is -2.61. The molecule has 2 heterocycles. The number of rotatable bonds is 19. The molecule has 9 atom stereocenters. The second-order valence-electron chi connectivity index (χ2n) is 15.2. The molecule has 0 spiro atoms. The fourth-order valence-corrected chi connectivity index (χ4v) is 7.78. The number of hydrogen-bond acceptors (Lipinski definition) is 8. The molecule has 4 amide bonds. The molecule has 13 heteroatoms. The molecule has 2 aliphatic rings. The second kappa shape index (κ2) is 19.5. The summed E-state index contributed by atoms with van der Waals surface area (Å²) >= 11 is 0. The van der Waals surface area contributed by atoms with E-state index in [0.717, 1.165) is 24.9 Å². The normalized spacial score (nSPS) is 22.9. The summed E-state index contributed by atoms with van der Waals surface area (Å²) < 4.78 is 11.8. The number of nitrogens with zero attached hydrogens (tertiary/aromatic N) is 2. The van der Waals surface area contributed by atoms with E-state index in [-0.39, 0.29) is 42.4 Å². The van der Waals surface area contributed by atoms with Gasteiger partial charge in [-0.1, -0.05) is 71.4 Å². The van der Waals surface area contributed by atoms with Crippen molar-refractivity contribution in [2.45, 2.75) is 128 Å². The minimum absolute atomic E-state index is 0.00447. The van der Waals surface area contributed by atoms with E-state index in [4.69, 9.17) is 9.47 Å². The number of carbonyl (C=O) groups excluding carboxylic acids is 4. The highest BCUT2D eigenvalue weighted by atomic mass is 16.5. The van der Waals surface area contributed by atoms with Crippen LogP contribution in [0.25, 0.3) is 0 Å². The van der Waals surface area contributed by atoms with Gasteiger partial charge in [-0.2, -0.15) is 0 Å². The van der Waals surface area contributed by atoms with E-state index in [9.17, 15) is 29.1 Å². The van der Waals surface area contributed by atoms with Crippen LogP contribution >= 0.6 is 0 Å². The summed E-state index contributed by atoms with van der Waals surface area (Å²) in [5, 5.41) is 18.8. The molecule has 1 aromatic carbocycles. The average molecular weight is 730 g/mol. The molecule has 292 valence electrons. The highest BCUT2D eigenvalue weighted by molar-refractivity contribution is 5.92. The van der Waals surface area contributed by atoms with Gasteiger partial charge in [0.25, 0.3) is 0 Å². The Labute approximate surface area is 309 Å². The van der Waals surface area contributed by atoms with Crippen molar-refractivity contribution in [1.29, 1.82) is 0 Å². The molecule has 0 aromatic heterocycles. The van der Waals surface area contributed by atoms with Crippen molar-refractivity contribution in [1.82, 2.24) is 25.8 Å². The summed E-state index contributed by atoms with van der Waals surface area (Å²) in [5.74, 6) is -3.19. The van der Waals surface area contributed by atoms with E-state index in [0.29, 0.717) is 25.8 Å². The minimum atomic E-state index is -1.14. The fourth-order valence-electron chi connectivity index (χ4n) is 7.78. The molecular weight excluding hydrogens is 666 g/mol. The number of hydrogen-bond donors (Lipinski definition) is 4. The van der Waals surface area contributed by atoms with Crippen LogP contribution in [-0.2, 0) is 39.9 Å². The number of methoxy groups -OCH3 is 2. The zero-order chi connectivity index (χ0) is 38.7. The Morgan fingerprint density at radius 2 is 1.71 bits per heavy atom. The largest absolute Gasteiger partial charge is 0.480 e. The molecule has 0 saturated carbocycles. The van der Waals surface area contributed by atoms with Crippen LogP contribution in [-0.4, -0.2) is 121 Å². The topological polar surface area (TPSA) is 167 Å². The van der Waals surface area contributed by atoms with Crippen molar-refractivity contribution in [2.24, 2.45) is 17.8 Å². The third-order valence-corrected chi connectivity index (χ3v) is 11.2. The number of likely N-dealkylation sites (N-methyl/N-ethyl adjacent to an activating group) is 1. The molecule has 0 aliphatic carbocycles. The summed E-state index contributed by atoms with van der Waals surface area (Å²) in [6.07, 6.45) is 2.43. The Bertz CT molecular complexity index is 1350. The standard InChI is InChI=1S/C39H63N5O8/c1-10-25(4)33(43(7)36(47)32(24(2)3)42-38(50)39(6)19-15-20-40-39)30(51-8)23-31(45)44-21-14-18-29(44)34(52-9)26(5)35(46)41-28(37(48)49)22-27-16-12-11-13-17-27/h11-13,16-17,24-26,28-30,32-34,40H,10,14-15,18-23H2,1-9H3,(H,41,46)(H,42,50)(H,48,49)/t25-,26+,28-,29-,30+,32-,33?,34+,39-/m0/s1. The number of nitrogens with one attached hydrogen (secondary N) is 3. The lowest BCUT2D eigenvalue weighted by molar-refractivity contribution is -0.148. The van der Waals surface area contributed by atoms with Crippen LogP contribution in [0.3, 0.4) is 0 Å². The van der Waals surface area contributed by atoms with Crippen molar-refractivity contribution in [3.63, 3.8) is 0 Å². The third-order valence-electron chi connectivity index (χ3n) is 11.2. The molecule has 2 aliphatic heterocycles. The monoisotopic (exact) mass is 729 g/mol. The summed E-state index contributed by atoms with van der Waals surface area (Å²) in [6, 6.07) is 6.34. The number of likely N-dealkylation sites (tertiary alicyclic amines) is 1. The molecule has 1 aromatic rings. The zero-order valence-electron chi connectivity index (χ0n) is 32.6. The molecule has 4 N–H and O–H groups in total.